The number of H-pyrrole nitrogens is 1. The van der Waals surface area contributed by atoms with Crippen LogP contribution in [0.4, 0.5) is 0 Å². The molecule has 1 rings (SSSR count). The number of hydrogen-bond donors (Lipinski definition) is 1. The molecule has 0 spiro atoms. The van der Waals surface area contributed by atoms with Gasteiger partial charge in [-0.05, 0) is 6.42 Å². The molecule has 78 valence electrons. The van der Waals surface area contributed by atoms with Crippen molar-refractivity contribution < 1.29 is 14.3 Å². The fraction of sp³-hybridized carbons (Fsp3) is 0.556. The monoisotopic (exact) mass is 198 g/mol. The van der Waals surface area contributed by atoms with E-state index in [1.165, 1.54) is 13.3 Å². The number of carbonyl (C=O) groups excluding carboxylic acids is 1. The molecule has 14 heavy (non-hydrogen) atoms. The van der Waals surface area contributed by atoms with Crippen molar-refractivity contribution in [3.63, 3.8) is 0 Å². The van der Waals surface area contributed by atoms with E-state index in [2.05, 4.69) is 14.7 Å². The molecule has 1 N–H and O–H groups in total. The molecule has 0 amide bonds. The Morgan fingerprint density at radius 1 is 1.64 bits per heavy atom. The number of carbonyl (C=O) groups is 1. The van der Waals surface area contributed by atoms with Crippen molar-refractivity contribution in [3.05, 3.63) is 17.7 Å². The number of nitrogens with zero attached hydrogens (tertiary/aromatic N) is 1. The van der Waals surface area contributed by atoms with Crippen LogP contribution >= 0.6 is 0 Å². The fourth-order valence-corrected chi connectivity index (χ4v) is 0.963. The van der Waals surface area contributed by atoms with Gasteiger partial charge in [-0.15, -0.1) is 0 Å². The fourth-order valence-electron chi connectivity index (χ4n) is 0.963. The van der Waals surface area contributed by atoms with Crippen molar-refractivity contribution in [2.75, 3.05) is 13.7 Å². The minimum atomic E-state index is -0.417. The molecule has 0 aliphatic rings. The van der Waals surface area contributed by atoms with Crippen molar-refractivity contribution in [3.8, 4) is 0 Å². The van der Waals surface area contributed by atoms with E-state index in [-0.39, 0.29) is 0 Å². The highest BCUT2D eigenvalue weighted by atomic mass is 16.5. The Morgan fingerprint density at radius 2 is 2.43 bits per heavy atom. The summed E-state index contributed by atoms with van der Waals surface area (Å²) in [6.07, 6.45) is 2.40. The Balaban J connectivity index is 2.46. The number of aromatic nitrogens is 2. The Bertz CT molecular complexity index is 296. The first kappa shape index (κ1) is 10.7. The average molecular weight is 198 g/mol. The first-order valence-electron chi connectivity index (χ1n) is 4.47. The molecule has 1 aromatic rings. The zero-order valence-electron chi connectivity index (χ0n) is 8.37. The maximum absolute atomic E-state index is 11.0. The molecular formula is C9H14N2O3. The molecule has 1 aromatic heterocycles. The zero-order chi connectivity index (χ0) is 10.4. The number of nitrogens with one attached hydrogen (secondary N) is 1. The molecule has 0 aliphatic carbocycles. The number of hydrogen-bond acceptors (Lipinski definition) is 4. The quantitative estimate of drug-likeness (QED) is 0.569. The number of esters is 1. The predicted molar refractivity (Wildman–Crippen MR) is 49.9 cm³/mol. The van der Waals surface area contributed by atoms with Gasteiger partial charge in [0.15, 0.2) is 0 Å². The van der Waals surface area contributed by atoms with E-state index < -0.39 is 5.97 Å². The van der Waals surface area contributed by atoms with Crippen LogP contribution in [-0.2, 0) is 16.1 Å². The third-order valence-electron chi connectivity index (χ3n) is 1.62. The van der Waals surface area contributed by atoms with Gasteiger partial charge in [0.25, 0.3) is 0 Å². The second kappa shape index (κ2) is 5.39. The Labute approximate surface area is 82.4 Å². The number of ether oxygens (including phenoxy) is 2. The van der Waals surface area contributed by atoms with E-state index >= 15 is 0 Å². The van der Waals surface area contributed by atoms with Crippen LogP contribution in [0.3, 0.4) is 0 Å². The summed E-state index contributed by atoms with van der Waals surface area (Å²) in [5.74, 6) is 0.220. The number of aromatic amines is 1. The maximum Gasteiger partial charge on any atom is 0.356 e. The minimum absolute atomic E-state index is 0.350. The van der Waals surface area contributed by atoms with Crippen LogP contribution in [0.25, 0.3) is 0 Å². The molecule has 0 unspecified atom stereocenters. The summed E-state index contributed by atoms with van der Waals surface area (Å²) in [6.45, 7) is 3.11. The van der Waals surface area contributed by atoms with Gasteiger partial charge in [-0.2, -0.15) is 0 Å². The summed E-state index contributed by atoms with van der Waals surface area (Å²) < 4.78 is 9.77. The van der Waals surface area contributed by atoms with Crippen LogP contribution in [0.1, 0.15) is 29.7 Å². The van der Waals surface area contributed by atoms with Crippen molar-refractivity contribution in [2.24, 2.45) is 0 Å². The van der Waals surface area contributed by atoms with Crippen LogP contribution in [-0.4, -0.2) is 29.7 Å². The van der Waals surface area contributed by atoms with Gasteiger partial charge in [0, 0.05) is 6.61 Å². The van der Waals surface area contributed by atoms with Crippen molar-refractivity contribution >= 4 is 5.97 Å². The first-order valence-corrected chi connectivity index (χ1v) is 4.47. The van der Waals surface area contributed by atoms with Gasteiger partial charge < -0.3 is 14.5 Å². The van der Waals surface area contributed by atoms with Gasteiger partial charge in [0.1, 0.15) is 18.1 Å². The van der Waals surface area contributed by atoms with Crippen molar-refractivity contribution in [1.29, 1.82) is 0 Å². The van der Waals surface area contributed by atoms with Crippen LogP contribution in [0.15, 0.2) is 6.20 Å². The molecule has 0 atom stereocenters. The molecule has 0 fully saturated rings. The maximum atomic E-state index is 11.0. The third kappa shape index (κ3) is 2.85. The molecule has 0 aromatic carbocycles. The number of methoxy groups -OCH3 is 1. The van der Waals surface area contributed by atoms with E-state index in [4.69, 9.17) is 4.74 Å². The van der Waals surface area contributed by atoms with Crippen LogP contribution in [0.2, 0.25) is 0 Å². The molecule has 0 bridgehead atoms. The van der Waals surface area contributed by atoms with Crippen molar-refractivity contribution in [2.45, 2.75) is 20.0 Å². The molecular weight excluding hydrogens is 184 g/mol. The Morgan fingerprint density at radius 3 is 3.07 bits per heavy atom. The highest BCUT2D eigenvalue weighted by molar-refractivity contribution is 5.86. The first-order chi connectivity index (χ1) is 6.77. The van der Waals surface area contributed by atoms with E-state index in [0.29, 0.717) is 24.7 Å². The topological polar surface area (TPSA) is 64.2 Å². The van der Waals surface area contributed by atoms with Crippen LogP contribution in [0, 0.1) is 0 Å². The standard InChI is InChI=1S/C9H14N2O3/c1-3-4-14-6-8-10-5-7(11-8)9(12)13-2/h5H,3-4,6H2,1-2H3,(H,10,11). The van der Waals surface area contributed by atoms with Crippen molar-refractivity contribution in [1.82, 2.24) is 9.97 Å². The second-order valence-corrected chi connectivity index (χ2v) is 2.79. The summed E-state index contributed by atoms with van der Waals surface area (Å²) in [6, 6.07) is 0. The Hall–Kier alpha value is -1.36. The molecule has 0 radical (unpaired) electrons. The lowest BCUT2D eigenvalue weighted by atomic mass is 10.5. The van der Waals surface area contributed by atoms with E-state index in [0.717, 1.165) is 6.42 Å². The van der Waals surface area contributed by atoms with Crippen LogP contribution in [0.5, 0.6) is 0 Å². The largest absolute Gasteiger partial charge is 0.464 e. The molecule has 0 saturated carbocycles. The van der Waals surface area contributed by atoms with Gasteiger partial charge in [0.05, 0.1) is 13.3 Å². The van der Waals surface area contributed by atoms with Gasteiger partial charge in [0.2, 0.25) is 0 Å². The SMILES string of the molecule is CCCOCc1ncc(C(=O)OC)[nH]1. The summed E-state index contributed by atoms with van der Waals surface area (Å²) >= 11 is 0. The Kier molecular flexibility index (Phi) is 4.12. The van der Waals surface area contributed by atoms with Crippen LogP contribution < -0.4 is 0 Å². The third-order valence-corrected chi connectivity index (χ3v) is 1.62. The predicted octanol–water partition coefficient (Wildman–Crippen LogP) is 1.12. The van der Waals surface area contributed by atoms with E-state index in [1.54, 1.807) is 0 Å². The highest BCUT2D eigenvalue weighted by Crippen LogP contribution is 2.00. The lowest BCUT2D eigenvalue weighted by Crippen LogP contribution is -2.02. The second-order valence-electron chi connectivity index (χ2n) is 2.79. The highest BCUT2D eigenvalue weighted by Gasteiger charge is 2.08. The number of rotatable bonds is 5. The summed E-state index contributed by atoms with van der Waals surface area (Å²) in [4.78, 5) is 17.8. The van der Waals surface area contributed by atoms with E-state index in [9.17, 15) is 4.79 Å². The summed E-state index contributed by atoms with van der Waals surface area (Å²) in [7, 11) is 1.33. The van der Waals surface area contributed by atoms with E-state index in [1.807, 2.05) is 6.92 Å². The summed E-state index contributed by atoms with van der Waals surface area (Å²) in [5.41, 5.74) is 0.350. The molecule has 0 saturated heterocycles. The lowest BCUT2D eigenvalue weighted by Gasteiger charge is -1.98. The normalized spacial score (nSPS) is 10.1. The molecule has 1 heterocycles. The average Bonchev–Trinajstić information content (AvgIpc) is 2.66. The summed E-state index contributed by atoms with van der Waals surface area (Å²) in [5, 5.41) is 0. The minimum Gasteiger partial charge on any atom is -0.464 e. The lowest BCUT2D eigenvalue weighted by molar-refractivity contribution is 0.0594. The van der Waals surface area contributed by atoms with Gasteiger partial charge in [-0.1, -0.05) is 6.92 Å². The smallest absolute Gasteiger partial charge is 0.356 e. The molecule has 5 nitrogen and oxygen atoms in total. The van der Waals surface area contributed by atoms with Gasteiger partial charge >= 0.3 is 5.97 Å². The molecule has 0 aliphatic heterocycles. The zero-order valence-corrected chi connectivity index (χ0v) is 8.37. The molecule has 5 heteroatoms. The van der Waals surface area contributed by atoms with Gasteiger partial charge in [-0.3, -0.25) is 0 Å². The van der Waals surface area contributed by atoms with Gasteiger partial charge in [-0.25, -0.2) is 9.78 Å². The number of imidazole rings is 1.